The highest BCUT2D eigenvalue weighted by atomic mass is 31.2. The third-order valence-electron chi connectivity index (χ3n) is 0.858. The highest BCUT2D eigenvalue weighted by Gasteiger charge is 2.15. The zero-order valence-corrected chi connectivity index (χ0v) is 9.50. The van der Waals surface area contributed by atoms with E-state index in [9.17, 15) is 9.13 Å². The first-order chi connectivity index (χ1) is 5.27. The van der Waals surface area contributed by atoms with Crippen LogP contribution in [0.25, 0.3) is 0 Å². The summed E-state index contributed by atoms with van der Waals surface area (Å²) in [5.41, 5.74) is 2.54. The van der Waals surface area contributed by atoms with Gasteiger partial charge in [-0.3, -0.25) is 9.99 Å². The molecule has 0 rings (SSSR count). The SMILES string of the molecule is CNNP(C)(=O)NNP(C)(C)=O. The second kappa shape index (κ2) is 4.51. The summed E-state index contributed by atoms with van der Waals surface area (Å²) >= 11 is 0. The Balaban J connectivity index is 3.93. The third-order valence-corrected chi connectivity index (χ3v) is 2.87. The van der Waals surface area contributed by atoms with E-state index in [0.717, 1.165) is 0 Å². The largest absolute Gasteiger partial charge is 0.306 e. The number of rotatable bonds is 5. The zero-order chi connectivity index (χ0) is 9.83. The molecular formula is C4H16N4O2P2. The molecule has 0 spiro atoms. The zero-order valence-electron chi connectivity index (χ0n) is 7.71. The van der Waals surface area contributed by atoms with Gasteiger partial charge in [0.05, 0.1) is 0 Å². The lowest BCUT2D eigenvalue weighted by Crippen LogP contribution is -2.35. The van der Waals surface area contributed by atoms with E-state index < -0.39 is 14.7 Å². The van der Waals surface area contributed by atoms with E-state index in [1.54, 1.807) is 20.4 Å². The van der Waals surface area contributed by atoms with Gasteiger partial charge >= 0.3 is 0 Å². The summed E-state index contributed by atoms with van der Waals surface area (Å²) in [6.07, 6.45) is 0. The third kappa shape index (κ3) is 6.98. The van der Waals surface area contributed by atoms with Gasteiger partial charge in [0.2, 0.25) is 7.44 Å². The Morgan fingerprint density at radius 3 is 1.75 bits per heavy atom. The van der Waals surface area contributed by atoms with Gasteiger partial charge in [-0.05, 0) is 7.05 Å². The molecule has 0 aromatic carbocycles. The van der Waals surface area contributed by atoms with Crippen LogP contribution in [0.2, 0.25) is 0 Å². The van der Waals surface area contributed by atoms with Crippen LogP contribution >= 0.6 is 14.7 Å². The summed E-state index contributed by atoms with van der Waals surface area (Å²) < 4.78 is 22.5. The van der Waals surface area contributed by atoms with Crippen LogP contribution in [0.4, 0.5) is 0 Å². The Kier molecular flexibility index (Phi) is 4.62. The van der Waals surface area contributed by atoms with Crippen LogP contribution in [0.1, 0.15) is 0 Å². The molecule has 12 heavy (non-hydrogen) atoms. The molecule has 4 N–H and O–H groups in total. The molecule has 0 fully saturated rings. The first kappa shape index (κ1) is 12.3. The van der Waals surface area contributed by atoms with Crippen LogP contribution in [0.15, 0.2) is 0 Å². The molecule has 0 aromatic heterocycles. The molecule has 0 aliphatic rings. The van der Waals surface area contributed by atoms with Crippen molar-refractivity contribution >= 4 is 14.7 Å². The minimum Gasteiger partial charge on any atom is -0.306 e. The van der Waals surface area contributed by atoms with Crippen molar-refractivity contribution in [2.75, 3.05) is 27.0 Å². The van der Waals surface area contributed by atoms with Crippen LogP contribution in [0.5, 0.6) is 0 Å². The molecule has 1 atom stereocenters. The molecule has 8 heteroatoms. The number of nitrogens with one attached hydrogen (secondary N) is 4. The summed E-state index contributed by atoms with van der Waals surface area (Å²) in [5, 5.41) is 7.46. The quantitative estimate of drug-likeness (QED) is 0.385. The van der Waals surface area contributed by atoms with E-state index >= 15 is 0 Å². The average Bonchev–Trinajstić information content (AvgIpc) is 1.83. The molecular weight excluding hydrogens is 198 g/mol. The molecule has 1 unspecified atom stereocenters. The average molecular weight is 214 g/mol. The van der Waals surface area contributed by atoms with Gasteiger partial charge in [0.15, 0.2) is 7.29 Å². The molecule has 0 bridgehead atoms. The van der Waals surface area contributed by atoms with Gasteiger partial charge < -0.3 is 4.57 Å². The highest BCUT2D eigenvalue weighted by Crippen LogP contribution is 2.34. The second-order valence-corrected chi connectivity index (χ2v) is 8.08. The number of hydrogen-bond donors (Lipinski definition) is 4. The molecule has 0 aliphatic heterocycles. The van der Waals surface area contributed by atoms with Crippen molar-refractivity contribution in [3.05, 3.63) is 0 Å². The van der Waals surface area contributed by atoms with Crippen molar-refractivity contribution < 1.29 is 9.13 Å². The second-order valence-electron chi connectivity index (χ2n) is 2.86. The first-order valence-electron chi connectivity index (χ1n) is 3.38. The molecule has 0 saturated carbocycles. The summed E-state index contributed by atoms with van der Waals surface area (Å²) in [7, 11) is -3.46. The molecule has 74 valence electrons. The predicted octanol–water partition coefficient (Wildman–Crippen LogP) is 0.165. The fraction of sp³-hybridized carbons (Fsp3) is 1.00. The maximum absolute atomic E-state index is 11.4. The molecule has 0 aliphatic carbocycles. The van der Waals surface area contributed by atoms with Crippen molar-refractivity contribution in [3.63, 3.8) is 0 Å². The molecule has 6 nitrogen and oxygen atoms in total. The van der Waals surface area contributed by atoms with Crippen molar-refractivity contribution in [1.82, 2.24) is 21.0 Å². The Morgan fingerprint density at radius 2 is 1.42 bits per heavy atom. The van der Waals surface area contributed by atoms with E-state index in [1.807, 2.05) is 0 Å². The van der Waals surface area contributed by atoms with Gasteiger partial charge in [0.1, 0.15) is 0 Å². The Labute approximate surface area is 72.7 Å². The predicted molar refractivity (Wildman–Crippen MR) is 51.5 cm³/mol. The van der Waals surface area contributed by atoms with Crippen LogP contribution in [0, 0.1) is 0 Å². The van der Waals surface area contributed by atoms with Gasteiger partial charge in [-0.2, -0.15) is 15.6 Å². The van der Waals surface area contributed by atoms with E-state index in [0.29, 0.717) is 0 Å². The van der Waals surface area contributed by atoms with Gasteiger partial charge in [-0.25, -0.2) is 0 Å². The molecule has 0 amide bonds. The van der Waals surface area contributed by atoms with Crippen LogP contribution < -0.4 is 21.0 Å². The van der Waals surface area contributed by atoms with E-state index in [1.165, 1.54) is 6.66 Å². The van der Waals surface area contributed by atoms with Crippen molar-refractivity contribution in [2.45, 2.75) is 0 Å². The fourth-order valence-corrected chi connectivity index (χ4v) is 2.67. The van der Waals surface area contributed by atoms with Crippen LogP contribution in [-0.4, -0.2) is 27.0 Å². The first-order valence-corrected chi connectivity index (χ1v) is 8.13. The van der Waals surface area contributed by atoms with E-state index in [4.69, 9.17) is 0 Å². The Morgan fingerprint density at radius 1 is 0.917 bits per heavy atom. The molecule has 0 radical (unpaired) electrons. The monoisotopic (exact) mass is 214 g/mol. The minimum absolute atomic E-state index is 1.48. The number of hydrazine groups is 2. The Bertz CT molecular complexity index is 225. The van der Waals surface area contributed by atoms with Gasteiger partial charge in [0.25, 0.3) is 0 Å². The lowest BCUT2D eigenvalue weighted by Gasteiger charge is -2.17. The fourth-order valence-electron chi connectivity index (χ4n) is 0.457. The summed E-state index contributed by atoms with van der Waals surface area (Å²) in [6.45, 7) is 4.56. The molecule has 0 heterocycles. The number of hydrogen-bond acceptors (Lipinski definition) is 3. The smallest absolute Gasteiger partial charge is 0.234 e. The maximum Gasteiger partial charge on any atom is 0.234 e. The normalized spacial score (nSPS) is 17.3. The lowest BCUT2D eigenvalue weighted by molar-refractivity contribution is 0.538. The lowest BCUT2D eigenvalue weighted by atomic mass is 11.5. The summed E-state index contributed by atoms with van der Waals surface area (Å²) in [6, 6.07) is 0. The topological polar surface area (TPSA) is 82.3 Å². The van der Waals surface area contributed by atoms with E-state index in [2.05, 4.69) is 21.0 Å². The van der Waals surface area contributed by atoms with Crippen molar-refractivity contribution in [3.8, 4) is 0 Å². The van der Waals surface area contributed by atoms with Crippen LogP contribution in [0.3, 0.4) is 0 Å². The van der Waals surface area contributed by atoms with Crippen LogP contribution in [-0.2, 0) is 9.13 Å². The highest BCUT2D eigenvalue weighted by molar-refractivity contribution is 7.62. The summed E-state index contributed by atoms with van der Waals surface area (Å²) in [5.74, 6) is 0. The summed E-state index contributed by atoms with van der Waals surface area (Å²) in [4.78, 5) is 0. The Hall–Kier alpha value is 0.300. The van der Waals surface area contributed by atoms with E-state index in [-0.39, 0.29) is 0 Å². The van der Waals surface area contributed by atoms with Gasteiger partial charge in [-0.1, -0.05) is 0 Å². The standard InChI is InChI=1S/C4H16N4O2P2/c1-5-6-12(4,10)8-7-11(2,3)9/h5H,1-4H3,(H,7,9)(H2,6,8,10). The molecule has 0 aromatic rings. The van der Waals surface area contributed by atoms with Crippen molar-refractivity contribution in [2.24, 2.45) is 0 Å². The minimum atomic E-state index is -2.68. The van der Waals surface area contributed by atoms with Crippen molar-refractivity contribution in [1.29, 1.82) is 0 Å². The van der Waals surface area contributed by atoms with Gasteiger partial charge in [0, 0.05) is 20.0 Å². The molecule has 0 saturated heterocycles. The van der Waals surface area contributed by atoms with Gasteiger partial charge in [-0.15, -0.1) is 0 Å². The maximum atomic E-state index is 11.4.